The molecule has 1 amide bonds. The number of nitriles is 1. The number of rotatable bonds is 4. The van der Waals surface area contributed by atoms with E-state index >= 15 is 0 Å². The highest BCUT2D eigenvalue weighted by Crippen LogP contribution is 2.13. The normalized spacial score (nSPS) is 10.9. The van der Waals surface area contributed by atoms with Gasteiger partial charge < -0.3 is 15.7 Å². The van der Waals surface area contributed by atoms with Gasteiger partial charge in [0.1, 0.15) is 17.4 Å². The van der Waals surface area contributed by atoms with E-state index in [1.807, 2.05) is 19.9 Å². The summed E-state index contributed by atoms with van der Waals surface area (Å²) in [5.41, 5.74) is 0.676. The summed E-state index contributed by atoms with van der Waals surface area (Å²) in [6.07, 6.45) is 1.34. The lowest BCUT2D eigenvalue weighted by Crippen LogP contribution is -2.31. The molecule has 0 saturated carbocycles. The number of benzene rings is 1. The maximum atomic E-state index is 11.6. The third kappa shape index (κ3) is 4.18. The summed E-state index contributed by atoms with van der Waals surface area (Å²) < 4.78 is 0. The molecule has 0 unspecified atom stereocenters. The zero-order chi connectivity index (χ0) is 13.5. The second-order valence-electron chi connectivity index (χ2n) is 3.99. The fourth-order valence-electron chi connectivity index (χ4n) is 1.20. The van der Waals surface area contributed by atoms with Crippen LogP contribution in [0.3, 0.4) is 0 Å². The van der Waals surface area contributed by atoms with Crippen molar-refractivity contribution in [1.29, 1.82) is 5.26 Å². The van der Waals surface area contributed by atoms with Crippen LogP contribution < -0.4 is 10.6 Å². The predicted molar refractivity (Wildman–Crippen MR) is 68.7 cm³/mol. The van der Waals surface area contributed by atoms with Gasteiger partial charge in [-0.15, -0.1) is 0 Å². The van der Waals surface area contributed by atoms with E-state index in [9.17, 15) is 4.79 Å². The molecule has 0 heterocycles. The van der Waals surface area contributed by atoms with Crippen molar-refractivity contribution in [2.24, 2.45) is 0 Å². The van der Waals surface area contributed by atoms with E-state index < -0.39 is 5.91 Å². The number of anilines is 1. The summed E-state index contributed by atoms with van der Waals surface area (Å²) in [6, 6.07) is 8.10. The van der Waals surface area contributed by atoms with Crippen LogP contribution >= 0.6 is 0 Å². The van der Waals surface area contributed by atoms with Gasteiger partial charge in [0.2, 0.25) is 0 Å². The van der Waals surface area contributed by atoms with Crippen molar-refractivity contribution in [2.75, 3.05) is 5.32 Å². The molecule has 0 atom stereocenters. The van der Waals surface area contributed by atoms with Crippen LogP contribution in [-0.2, 0) is 4.79 Å². The number of nitrogens with zero attached hydrogens (tertiary/aromatic N) is 1. The lowest BCUT2D eigenvalue weighted by molar-refractivity contribution is -0.117. The van der Waals surface area contributed by atoms with Gasteiger partial charge in [-0.25, -0.2) is 0 Å². The van der Waals surface area contributed by atoms with Crippen molar-refractivity contribution < 1.29 is 9.90 Å². The second-order valence-corrected chi connectivity index (χ2v) is 3.99. The van der Waals surface area contributed by atoms with Gasteiger partial charge in [-0.05, 0) is 38.1 Å². The van der Waals surface area contributed by atoms with Crippen molar-refractivity contribution in [3.8, 4) is 11.8 Å². The maximum absolute atomic E-state index is 11.6. The Labute approximate surface area is 106 Å². The molecule has 94 valence electrons. The van der Waals surface area contributed by atoms with Crippen molar-refractivity contribution in [2.45, 2.75) is 19.9 Å². The van der Waals surface area contributed by atoms with Crippen molar-refractivity contribution in [1.82, 2.24) is 5.32 Å². The monoisotopic (exact) mass is 245 g/mol. The number of nitrogens with one attached hydrogen (secondary N) is 2. The molecule has 1 aromatic rings. The Morgan fingerprint density at radius 1 is 1.39 bits per heavy atom. The molecule has 0 saturated heterocycles. The Bertz CT molecular complexity index is 484. The highest BCUT2D eigenvalue weighted by atomic mass is 16.3. The van der Waals surface area contributed by atoms with E-state index in [0.29, 0.717) is 5.69 Å². The van der Waals surface area contributed by atoms with Gasteiger partial charge in [0.25, 0.3) is 5.91 Å². The van der Waals surface area contributed by atoms with Crippen LogP contribution in [0.15, 0.2) is 36.0 Å². The molecule has 18 heavy (non-hydrogen) atoms. The topological polar surface area (TPSA) is 85.2 Å². The molecule has 0 aliphatic carbocycles. The number of carbonyl (C=O) groups is 1. The first-order valence-corrected chi connectivity index (χ1v) is 5.49. The number of carbonyl (C=O) groups excluding carboxylic acids is 1. The standard InChI is InChI=1S/C13H15N3O2/c1-9(2)16-13(18)10(7-14)8-15-11-3-5-12(17)6-4-11/h3-6,8-9,15,17H,1-2H3,(H,16,18)/b10-8-. The van der Waals surface area contributed by atoms with E-state index in [2.05, 4.69) is 10.6 Å². The molecule has 3 N–H and O–H groups in total. The Balaban J connectivity index is 2.72. The predicted octanol–water partition coefficient (Wildman–Crippen LogP) is 1.74. The summed E-state index contributed by atoms with van der Waals surface area (Å²) in [5, 5.41) is 23.4. The second kappa shape index (κ2) is 6.30. The largest absolute Gasteiger partial charge is 0.508 e. The molecule has 0 aromatic heterocycles. The summed E-state index contributed by atoms with van der Waals surface area (Å²) in [6.45, 7) is 3.64. The highest BCUT2D eigenvalue weighted by molar-refractivity contribution is 5.97. The number of phenolic OH excluding ortho intramolecular Hbond substituents is 1. The number of hydrogen-bond acceptors (Lipinski definition) is 4. The Morgan fingerprint density at radius 2 is 2.00 bits per heavy atom. The molecule has 1 rings (SSSR count). The number of amides is 1. The molecule has 0 aliphatic heterocycles. The van der Waals surface area contributed by atoms with Crippen LogP contribution in [0.1, 0.15) is 13.8 Å². The van der Waals surface area contributed by atoms with Gasteiger partial charge in [-0.2, -0.15) is 5.26 Å². The fourth-order valence-corrected chi connectivity index (χ4v) is 1.20. The first-order chi connectivity index (χ1) is 8.52. The number of hydrogen-bond donors (Lipinski definition) is 3. The van der Waals surface area contributed by atoms with Gasteiger partial charge >= 0.3 is 0 Å². The first-order valence-electron chi connectivity index (χ1n) is 5.49. The molecular formula is C13H15N3O2. The van der Waals surface area contributed by atoms with Crippen LogP contribution in [0.25, 0.3) is 0 Å². The van der Waals surface area contributed by atoms with Crippen LogP contribution in [0.5, 0.6) is 5.75 Å². The van der Waals surface area contributed by atoms with E-state index in [4.69, 9.17) is 10.4 Å². The van der Waals surface area contributed by atoms with Crippen LogP contribution in [0, 0.1) is 11.3 Å². The molecule has 0 aliphatic rings. The molecular weight excluding hydrogens is 230 g/mol. The number of phenols is 1. The number of aromatic hydroxyl groups is 1. The van der Waals surface area contributed by atoms with E-state index in [0.717, 1.165) is 0 Å². The van der Waals surface area contributed by atoms with E-state index in [1.54, 1.807) is 12.1 Å². The average Bonchev–Trinajstić information content (AvgIpc) is 2.31. The zero-order valence-corrected chi connectivity index (χ0v) is 10.3. The van der Waals surface area contributed by atoms with Gasteiger partial charge in [0.15, 0.2) is 0 Å². The van der Waals surface area contributed by atoms with Gasteiger partial charge in [-0.1, -0.05) is 0 Å². The highest BCUT2D eigenvalue weighted by Gasteiger charge is 2.09. The third-order valence-electron chi connectivity index (χ3n) is 2.04. The Hall–Kier alpha value is -2.48. The molecule has 5 nitrogen and oxygen atoms in total. The van der Waals surface area contributed by atoms with Gasteiger partial charge in [0.05, 0.1) is 0 Å². The van der Waals surface area contributed by atoms with Crippen LogP contribution in [0.4, 0.5) is 5.69 Å². The van der Waals surface area contributed by atoms with Crippen LogP contribution in [-0.4, -0.2) is 17.1 Å². The van der Waals surface area contributed by atoms with Crippen LogP contribution in [0.2, 0.25) is 0 Å². The first kappa shape index (κ1) is 13.6. The van der Waals surface area contributed by atoms with Crippen molar-refractivity contribution in [3.63, 3.8) is 0 Å². The van der Waals surface area contributed by atoms with Gasteiger partial charge in [-0.3, -0.25) is 4.79 Å². The quantitative estimate of drug-likeness (QED) is 0.428. The summed E-state index contributed by atoms with van der Waals surface area (Å²) in [5.74, 6) is -0.263. The fraction of sp³-hybridized carbons (Fsp3) is 0.231. The van der Waals surface area contributed by atoms with Crippen molar-refractivity contribution >= 4 is 11.6 Å². The third-order valence-corrected chi connectivity index (χ3v) is 2.04. The lowest BCUT2D eigenvalue weighted by atomic mass is 10.2. The zero-order valence-electron chi connectivity index (χ0n) is 10.3. The molecule has 1 aromatic carbocycles. The molecule has 0 spiro atoms. The SMILES string of the molecule is CC(C)NC(=O)/C(C#N)=C\Nc1ccc(O)cc1. The molecule has 5 heteroatoms. The lowest BCUT2D eigenvalue weighted by Gasteiger charge is -2.07. The summed E-state index contributed by atoms with van der Waals surface area (Å²) >= 11 is 0. The average molecular weight is 245 g/mol. The minimum Gasteiger partial charge on any atom is -0.508 e. The molecule has 0 fully saturated rings. The maximum Gasteiger partial charge on any atom is 0.263 e. The summed E-state index contributed by atoms with van der Waals surface area (Å²) in [7, 11) is 0. The van der Waals surface area contributed by atoms with E-state index in [1.165, 1.54) is 18.3 Å². The minimum atomic E-state index is -0.418. The Morgan fingerprint density at radius 3 is 2.50 bits per heavy atom. The Kier molecular flexibility index (Phi) is 4.76. The summed E-state index contributed by atoms with van der Waals surface area (Å²) in [4.78, 5) is 11.6. The smallest absolute Gasteiger partial charge is 0.263 e. The minimum absolute atomic E-state index is 0.00299. The van der Waals surface area contributed by atoms with Gasteiger partial charge in [0, 0.05) is 17.9 Å². The molecule has 0 radical (unpaired) electrons. The van der Waals surface area contributed by atoms with E-state index in [-0.39, 0.29) is 17.4 Å². The molecule has 0 bridgehead atoms. The van der Waals surface area contributed by atoms with Crippen molar-refractivity contribution in [3.05, 3.63) is 36.0 Å².